The average molecular weight is 737 g/mol. The number of ether oxygens (including phenoxy) is 2. The van der Waals surface area contributed by atoms with Crippen LogP contribution in [-0.4, -0.2) is 42.1 Å². The summed E-state index contributed by atoms with van der Waals surface area (Å²) in [6, 6.07) is 5.21. The third-order valence-corrected chi connectivity index (χ3v) is 6.93. The first kappa shape index (κ1) is 32.1. The Morgan fingerprint density at radius 1 is 0.800 bits per heavy atom. The number of alkyl halides is 7. The molecule has 0 heterocycles. The number of carbonyl (C=O) groups is 2. The Hall–Kier alpha value is -0.900. The number of methoxy groups -OCH3 is 2. The molecule has 0 saturated carbocycles. The zero-order valence-electron chi connectivity index (χ0n) is 17.9. The third kappa shape index (κ3) is 10.5. The molecule has 194 valence electrons. The highest BCUT2D eigenvalue weighted by molar-refractivity contribution is 9.11. The third-order valence-electron chi connectivity index (χ3n) is 3.73. The number of carbonyl (C=O) groups excluding carboxylic acids is 2. The summed E-state index contributed by atoms with van der Waals surface area (Å²) >= 11 is 8.51. The molecule has 15 heteroatoms. The molecule has 0 atom stereocenters. The fraction of sp³-hybridized carbons (Fsp3) is 0.300. The van der Waals surface area contributed by atoms with Gasteiger partial charge < -0.3 is 9.47 Å². The molecule has 2 rings (SSSR count). The predicted octanol–water partition coefficient (Wildman–Crippen LogP) is 8.92. The number of halogens is 9. The van der Waals surface area contributed by atoms with E-state index in [0.29, 0.717) is 8.95 Å². The zero-order chi connectivity index (χ0) is 27.1. The van der Waals surface area contributed by atoms with Gasteiger partial charge in [0.15, 0.2) is 11.6 Å². The second-order valence-corrected chi connectivity index (χ2v) is 10.7. The van der Waals surface area contributed by atoms with Crippen molar-refractivity contribution in [1.29, 1.82) is 0 Å². The molecule has 0 unspecified atom stereocenters. The van der Waals surface area contributed by atoms with E-state index in [2.05, 4.69) is 47.8 Å². The SMILES string of the molecule is COc1c(Br)cc(C(=O)CBr)cc1SC(F)(F)F.COc1c(Br)cc(C(C)=O)cc1SC(F)(F)F. The van der Waals surface area contributed by atoms with E-state index in [1.807, 2.05) is 0 Å². The summed E-state index contributed by atoms with van der Waals surface area (Å²) in [5.74, 6) is -0.486. The lowest BCUT2D eigenvalue weighted by atomic mass is 10.1. The van der Waals surface area contributed by atoms with Gasteiger partial charge in [-0.05, 0) is 86.6 Å². The summed E-state index contributed by atoms with van der Waals surface area (Å²) < 4.78 is 84.6. The molecule has 2 aromatic carbocycles. The van der Waals surface area contributed by atoms with Gasteiger partial charge in [-0.15, -0.1) is 0 Å². The largest absolute Gasteiger partial charge is 0.494 e. The maximum atomic E-state index is 12.4. The van der Waals surface area contributed by atoms with Gasteiger partial charge in [-0.3, -0.25) is 9.59 Å². The quantitative estimate of drug-likeness (QED) is 0.123. The Kier molecular flexibility index (Phi) is 12.5. The first-order valence-corrected chi connectivity index (χ1v) is 13.2. The van der Waals surface area contributed by atoms with Crippen molar-refractivity contribution in [3.8, 4) is 11.5 Å². The molecule has 0 bridgehead atoms. The highest BCUT2D eigenvalue weighted by Crippen LogP contribution is 2.46. The minimum Gasteiger partial charge on any atom is -0.494 e. The number of benzene rings is 2. The van der Waals surface area contributed by atoms with E-state index in [1.54, 1.807) is 0 Å². The van der Waals surface area contributed by atoms with Gasteiger partial charge in [0.25, 0.3) is 0 Å². The summed E-state index contributed by atoms with van der Waals surface area (Å²) in [6.45, 7) is 1.29. The summed E-state index contributed by atoms with van der Waals surface area (Å²) in [6.07, 6.45) is 0. The molecule has 35 heavy (non-hydrogen) atoms. The Morgan fingerprint density at radius 2 is 1.17 bits per heavy atom. The van der Waals surface area contributed by atoms with E-state index in [1.165, 1.54) is 45.4 Å². The van der Waals surface area contributed by atoms with Crippen LogP contribution in [0.15, 0.2) is 43.0 Å². The molecular weight excluding hydrogens is 722 g/mol. The van der Waals surface area contributed by atoms with Crippen molar-refractivity contribution in [2.24, 2.45) is 0 Å². The topological polar surface area (TPSA) is 52.6 Å². The second-order valence-electron chi connectivity index (χ2n) is 6.19. The summed E-state index contributed by atoms with van der Waals surface area (Å²) in [4.78, 5) is 22.4. The highest BCUT2D eigenvalue weighted by Gasteiger charge is 2.33. The van der Waals surface area contributed by atoms with Gasteiger partial charge in [0.05, 0.1) is 38.3 Å². The van der Waals surface area contributed by atoms with Gasteiger partial charge in [-0.1, -0.05) is 15.9 Å². The van der Waals surface area contributed by atoms with Crippen LogP contribution >= 0.6 is 71.3 Å². The molecule has 0 fully saturated rings. The minimum atomic E-state index is -4.44. The van der Waals surface area contributed by atoms with Gasteiger partial charge in [-0.2, -0.15) is 26.3 Å². The van der Waals surface area contributed by atoms with E-state index >= 15 is 0 Å². The van der Waals surface area contributed by atoms with Crippen LogP contribution in [0.4, 0.5) is 26.3 Å². The molecule has 0 spiro atoms. The highest BCUT2D eigenvalue weighted by atomic mass is 79.9. The minimum absolute atomic E-state index is 0.0435. The summed E-state index contributed by atoms with van der Waals surface area (Å²) in [5.41, 5.74) is -8.49. The number of hydrogen-bond donors (Lipinski definition) is 0. The molecule has 0 aliphatic carbocycles. The van der Waals surface area contributed by atoms with E-state index in [9.17, 15) is 35.9 Å². The molecule has 2 aromatic rings. The number of thioether (sulfide) groups is 2. The van der Waals surface area contributed by atoms with Crippen LogP contribution in [0.2, 0.25) is 0 Å². The van der Waals surface area contributed by atoms with Gasteiger partial charge in [0.1, 0.15) is 11.5 Å². The number of hydrogen-bond acceptors (Lipinski definition) is 6. The van der Waals surface area contributed by atoms with Crippen LogP contribution < -0.4 is 9.47 Å². The van der Waals surface area contributed by atoms with Crippen molar-refractivity contribution < 1.29 is 45.4 Å². The fourth-order valence-electron chi connectivity index (χ4n) is 2.38. The van der Waals surface area contributed by atoms with E-state index < -0.39 is 11.0 Å². The molecule has 0 aromatic heterocycles. The normalized spacial score (nSPS) is 11.4. The van der Waals surface area contributed by atoms with Crippen molar-refractivity contribution in [2.45, 2.75) is 27.7 Å². The van der Waals surface area contributed by atoms with Gasteiger partial charge in [0, 0.05) is 11.1 Å². The lowest BCUT2D eigenvalue weighted by Gasteiger charge is -2.13. The molecule has 0 N–H and O–H groups in total. The van der Waals surface area contributed by atoms with E-state index in [4.69, 9.17) is 9.47 Å². The lowest BCUT2D eigenvalue weighted by molar-refractivity contribution is -0.0337. The van der Waals surface area contributed by atoms with Gasteiger partial charge in [-0.25, -0.2) is 0 Å². The van der Waals surface area contributed by atoms with Crippen molar-refractivity contribution in [1.82, 2.24) is 0 Å². The van der Waals surface area contributed by atoms with E-state index in [0.717, 1.165) is 0 Å². The molecule has 0 aliphatic rings. The van der Waals surface area contributed by atoms with Crippen LogP contribution in [0.3, 0.4) is 0 Å². The Morgan fingerprint density at radius 3 is 1.49 bits per heavy atom. The maximum Gasteiger partial charge on any atom is 0.446 e. The monoisotopic (exact) mass is 734 g/mol. The van der Waals surface area contributed by atoms with Crippen molar-refractivity contribution in [2.75, 3.05) is 19.5 Å². The number of ketones is 2. The van der Waals surface area contributed by atoms with E-state index in [-0.39, 0.29) is 72.8 Å². The van der Waals surface area contributed by atoms with Crippen molar-refractivity contribution in [3.63, 3.8) is 0 Å². The van der Waals surface area contributed by atoms with Crippen molar-refractivity contribution in [3.05, 3.63) is 44.3 Å². The number of Topliss-reactive ketones (excluding diaryl/α,β-unsaturated/α-hetero) is 2. The van der Waals surface area contributed by atoms with Crippen LogP contribution in [0.25, 0.3) is 0 Å². The Bertz CT molecular complexity index is 1080. The molecule has 4 nitrogen and oxygen atoms in total. The van der Waals surface area contributed by atoms with Crippen LogP contribution in [-0.2, 0) is 0 Å². The lowest BCUT2D eigenvalue weighted by Crippen LogP contribution is -2.04. The molecule has 0 amide bonds. The Balaban J connectivity index is 0.000000351. The van der Waals surface area contributed by atoms with Crippen LogP contribution in [0, 0.1) is 0 Å². The summed E-state index contributed by atoms with van der Waals surface area (Å²) in [5, 5.41) is 0.0435. The van der Waals surface area contributed by atoms with Crippen LogP contribution in [0.1, 0.15) is 27.6 Å². The molecule has 0 radical (unpaired) electrons. The standard InChI is InChI=1S/C10H7Br2F3O2S.C10H8BrF3O2S/c1-17-9-6(12)2-5(7(16)4-11)3-8(9)18-10(13,14)15;1-5(15)6-3-7(11)9(16-2)8(4-6)17-10(12,13)14/h2-3H,4H2,1H3;3-4H,1-2H3. The Labute approximate surface area is 230 Å². The fourth-order valence-corrected chi connectivity index (χ4v) is 5.65. The predicted molar refractivity (Wildman–Crippen MR) is 133 cm³/mol. The maximum absolute atomic E-state index is 12.4. The average Bonchev–Trinajstić information content (AvgIpc) is 2.70. The number of rotatable bonds is 7. The van der Waals surface area contributed by atoms with Crippen LogP contribution in [0.5, 0.6) is 11.5 Å². The van der Waals surface area contributed by atoms with Gasteiger partial charge >= 0.3 is 11.0 Å². The molecule has 0 aliphatic heterocycles. The molecule has 0 saturated heterocycles. The first-order chi connectivity index (χ1) is 16.0. The summed E-state index contributed by atoms with van der Waals surface area (Å²) in [7, 11) is 2.54. The molecular formula is C20H15Br3F6O4S2. The second kappa shape index (κ2) is 13.6. The van der Waals surface area contributed by atoms with Crippen molar-refractivity contribution >= 4 is 82.9 Å². The zero-order valence-corrected chi connectivity index (χ0v) is 24.3. The smallest absolute Gasteiger partial charge is 0.446 e. The van der Waals surface area contributed by atoms with Gasteiger partial charge in [0.2, 0.25) is 0 Å². The first-order valence-electron chi connectivity index (χ1n) is 8.89.